The molecule has 19 heavy (non-hydrogen) atoms. The molecule has 1 aromatic carbocycles. The predicted octanol–water partition coefficient (Wildman–Crippen LogP) is 3.69. The number of carboxylic acid groups (broad SMARTS) is 1. The van der Waals surface area contributed by atoms with Crippen molar-refractivity contribution in [3.05, 3.63) is 52.8 Å². The van der Waals surface area contributed by atoms with Crippen molar-refractivity contribution >= 4 is 32.8 Å². The SMILES string of the molecule is O=C(O)c1ccnc(-c2c[nH]c3c(Br)cccc23)c1. The number of H-pyrrole nitrogens is 1. The maximum Gasteiger partial charge on any atom is 0.335 e. The number of benzene rings is 1. The predicted molar refractivity (Wildman–Crippen MR) is 76.2 cm³/mol. The van der Waals surface area contributed by atoms with Crippen LogP contribution in [0.15, 0.2) is 47.2 Å². The number of aromatic amines is 1. The van der Waals surface area contributed by atoms with Crippen LogP contribution in [-0.2, 0) is 0 Å². The summed E-state index contributed by atoms with van der Waals surface area (Å²) in [4.78, 5) is 18.4. The molecule has 0 radical (unpaired) electrons. The first kappa shape index (κ1) is 11.9. The smallest absolute Gasteiger partial charge is 0.335 e. The average Bonchev–Trinajstić information content (AvgIpc) is 2.84. The number of nitrogens with zero attached hydrogens (tertiary/aromatic N) is 1. The number of aromatic nitrogens is 2. The Labute approximate surface area is 117 Å². The van der Waals surface area contributed by atoms with Gasteiger partial charge in [-0.1, -0.05) is 12.1 Å². The molecule has 3 aromatic rings. The number of hydrogen-bond acceptors (Lipinski definition) is 2. The van der Waals surface area contributed by atoms with E-state index in [0.717, 1.165) is 20.9 Å². The van der Waals surface area contributed by atoms with Gasteiger partial charge in [-0.2, -0.15) is 0 Å². The zero-order valence-electron chi connectivity index (χ0n) is 9.72. The second-order valence-electron chi connectivity index (χ2n) is 4.10. The number of carbonyl (C=O) groups is 1. The van der Waals surface area contributed by atoms with E-state index in [0.29, 0.717) is 5.69 Å². The molecular formula is C14H9BrN2O2. The summed E-state index contributed by atoms with van der Waals surface area (Å²) >= 11 is 3.47. The van der Waals surface area contributed by atoms with Crippen LogP contribution >= 0.6 is 15.9 Å². The topological polar surface area (TPSA) is 66.0 Å². The summed E-state index contributed by atoms with van der Waals surface area (Å²) < 4.78 is 0.964. The van der Waals surface area contributed by atoms with Crippen LogP contribution in [0.3, 0.4) is 0 Å². The highest BCUT2D eigenvalue weighted by atomic mass is 79.9. The van der Waals surface area contributed by atoms with Gasteiger partial charge in [0.1, 0.15) is 0 Å². The number of pyridine rings is 1. The van der Waals surface area contributed by atoms with Gasteiger partial charge in [0, 0.05) is 27.8 Å². The van der Waals surface area contributed by atoms with Crippen LogP contribution < -0.4 is 0 Å². The van der Waals surface area contributed by atoms with Gasteiger partial charge in [-0.3, -0.25) is 4.98 Å². The molecule has 3 rings (SSSR count). The van der Waals surface area contributed by atoms with Gasteiger partial charge in [0.2, 0.25) is 0 Å². The Bertz CT molecular complexity index is 780. The summed E-state index contributed by atoms with van der Waals surface area (Å²) in [5, 5.41) is 10.0. The Hall–Kier alpha value is -2.14. The van der Waals surface area contributed by atoms with Gasteiger partial charge in [-0.15, -0.1) is 0 Å². The molecule has 0 bridgehead atoms. The van der Waals surface area contributed by atoms with Gasteiger partial charge in [0.05, 0.1) is 16.8 Å². The van der Waals surface area contributed by atoms with Crippen molar-refractivity contribution in [2.24, 2.45) is 0 Å². The van der Waals surface area contributed by atoms with Crippen LogP contribution in [0.1, 0.15) is 10.4 Å². The lowest BCUT2D eigenvalue weighted by Gasteiger charge is -2.01. The molecule has 4 nitrogen and oxygen atoms in total. The van der Waals surface area contributed by atoms with Crippen LogP contribution in [0, 0.1) is 0 Å². The van der Waals surface area contributed by atoms with E-state index >= 15 is 0 Å². The summed E-state index contributed by atoms with van der Waals surface area (Å²) in [6, 6.07) is 8.91. The average molecular weight is 317 g/mol. The minimum Gasteiger partial charge on any atom is -0.478 e. The van der Waals surface area contributed by atoms with Crippen molar-refractivity contribution < 1.29 is 9.90 Å². The second-order valence-corrected chi connectivity index (χ2v) is 4.95. The molecule has 0 saturated heterocycles. The minimum atomic E-state index is -0.954. The zero-order valence-corrected chi connectivity index (χ0v) is 11.3. The summed E-state index contributed by atoms with van der Waals surface area (Å²) in [6.07, 6.45) is 3.35. The molecular weight excluding hydrogens is 308 g/mol. The second kappa shape index (κ2) is 4.51. The molecule has 2 heterocycles. The van der Waals surface area contributed by atoms with E-state index in [1.54, 1.807) is 6.07 Å². The molecule has 2 N–H and O–H groups in total. The highest BCUT2D eigenvalue weighted by Crippen LogP contribution is 2.31. The number of fused-ring (bicyclic) bond motifs is 1. The van der Waals surface area contributed by atoms with Crippen molar-refractivity contribution in [1.82, 2.24) is 9.97 Å². The summed E-state index contributed by atoms with van der Waals surface area (Å²) in [5.74, 6) is -0.954. The monoisotopic (exact) mass is 316 g/mol. The number of halogens is 1. The Kier molecular flexibility index (Phi) is 2.83. The minimum absolute atomic E-state index is 0.231. The molecule has 0 aliphatic carbocycles. The Balaban J connectivity index is 2.22. The lowest BCUT2D eigenvalue weighted by molar-refractivity contribution is 0.0697. The standard InChI is InChI=1S/C14H9BrN2O2/c15-11-3-1-2-9-10(7-17-13(9)11)12-6-8(14(18)19)4-5-16-12/h1-7,17H,(H,18,19). The first-order valence-electron chi connectivity index (χ1n) is 5.62. The van der Waals surface area contributed by atoms with E-state index in [4.69, 9.17) is 5.11 Å². The fourth-order valence-corrected chi connectivity index (χ4v) is 2.52. The largest absolute Gasteiger partial charge is 0.478 e. The van der Waals surface area contributed by atoms with Gasteiger partial charge in [-0.25, -0.2) is 4.79 Å². The summed E-state index contributed by atoms with van der Waals surface area (Å²) in [5.41, 5.74) is 2.73. The van der Waals surface area contributed by atoms with Crippen LogP contribution in [-0.4, -0.2) is 21.0 Å². The van der Waals surface area contributed by atoms with E-state index in [2.05, 4.69) is 25.9 Å². The fourth-order valence-electron chi connectivity index (χ4n) is 2.04. The molecule has 0 fully saturated rings. The van der Waals surface area contributed by atoms with Gasteiger partial charge in [0.25, 0.3) is 0 Å². The Morgan fingerprint density at radius 1 is 1.32 bits per heavy atom. The van der Waals surface area contributed by atoms with Crippen molar-refractivity contribution in [3.63, 3.8) is 0 Å². The van der Waals surface area contributed by atoms with Crippen molar-refractivity contribution in [2.75, 3.05) is 0 Å². The van der Waals surface area contributed by atoms with E-state index in [1.165, 1.54) is 12.3 Å². The van der Waals surface area contributed by atoms with E-state index in [9.17, 15) is 4.79 Å². The number of hydrogen-bond donors (Lipinski definition) is 2. The maximum absolute atomic E-state index is 11.0. The Morgan fingerprint density at radius 2 is 2.16 bits per heavy atom. The molecule has 0 aliphatic rings. The molecule has 2 aromatic heterocycles. The van der Waals surface area contributed by atoms with Gasteiger partial charge in [0.15, 0.2) is 0 Å². The Morgan fingerprint density at radius 3 is 2.95 bits per heavy atom. The highest BCUT2D eigenvalue weighted by Gasteiger charge is 2.11. The number of nitrogens with one attached hydrogen (secondary N) is 1. The highest BCUT2D eigenvalue weighted by molar-refractivity contribution is 9.10. The van der Waals surface area contributed by atoms with E-state index in [-0.39, 0.29) is 5.56 Å². The quantitative estimate of drug-likeness (QED) is 0.757. The molecule has 0 amide bonds. The molecule has 0 saturated carbocycles. The maximum atomic E-state index is 11.0. The van der Waals surface area contributed by atoms with Gasteiger partial charge < -0.3 is 10.1 Å². The van der Waals surface area contributed by atoms with Crippen LogP contribution in [0.2, 0.25) is 0 Å². The lowest BCUT2D eigenvalue weighted by atomic mass is 10.1. The molecule has 94 valence electrons. The third-order valence-electron chi connectivity index (χ3n) is 2.95. The summed E-state index contributed by atoms with van der Waals surface area (Å²) in [6.45, 7) is 0. The van der Waals surface area contributed by atoms with Crippen LogP contribution in [0.4, 0.5) is 0 Å². The molecule has 0 atom stereocenters. The first-order valence-corrected chi connectivity index (χ1v) is 6.41. The molecule has 0 aliphatic heterocycles. The number of aromatic carboxylic acids is 1. The van der Waals surface area contributed by atoms with Gasteiger partial charge in [-0.05, 0) is 34.1 Å². The lowest BCUT2D eigenvalue weighted by Crippen LogP contribution is -1.96. The molecule has 0 spiro atoms. The number of carboxylic acids is 1. The third kappa shape index (κ3) is 2.02. The van der Waals surface area contributed by atoms with Crippen molar-refractivity contribution in [1.29, 1.82) is 0 Å². The van der Waals surface area contributed by atoms with E-state index < -0.39 is 5.97 Å². The molecule has 0 unspecified atom stereocenters. The van der Waals surface area contributed by atoms with Crippen LogP contribution in [0.5, 0.6) is 0 Å². The van der Waals surface area contributed by atoms with Crippen LogP contribution in [0.25, 0.3) is 22.2 Å². The summed E-state index contributed by atoms with van der Waals surface area (Å²) in [7, 11) is 0. The molecule has 5 heteroatoms. The third-order valence-corrected chi connectivity index (χ3v) is 3.61. The van der Waals surface area contributed by atoms with Gasteiger partial charge >= 0.3 is 5.97 Å². The van der Waals surface area contributed by atoms with Crippen molar-refractivity contribution in [3.8, 4) is 11.3 Å². The number of para-hydroxylation sites is 1. The van der Waals surface area contributed by atoms with Crippen molar-refractivity contribution in [2.45, 2.75) is 0 Å². The zero-order chi connectivity index (χ0) is 13.4. The normalized spacial score (nSPS) is 10.8. The fraction of sp³-hybridized carbons (Fsp3) is 0. The van der Waals surface area contributed by atoms with E-state index in [1.807, 2.05) is 24.4 Å². The first-order chi connectivity index (χ1) is 9.16. The number of rotatable bonds is 2.